The molecule has 0 fully saturated rings. The second kappa shape index (κ2) is 12.6. The lowest BCUT2D eigenvalue weighted by atomic mass is 9.70. The SMILES string of the molecule is Cc1cc(-c2cccc(-c3ccc4c(c3)C3(c5ccccc5-c5ccccc53)c3cccc(-c5nc(-c6ccccc6)nc(-c6ccccc6)n5)c3-4)c2)ccn1. The van der Waals surface area contributed by atoms with Gasteiger partial charge in [-0.25, -0.2) is 15.0 Å². The molecule has 2 aromatic heterocycles. The minimum atomic E-state index is -0.540. The summed E-state index contributed by atoms with van der Waals surface area (Å²) in [7, 11) is 0. The fraction of sp³-hybridized carbons (Fsp3) is 0.0385. The van der Waals surface area contributed by atoms with Crippen LogP contribution in [0.15, 0.2) is 188 Å². The van der Waals surface area contributed by atoms with Crippen molar-refractivity contribution in [1.82, 2.24) is 19.9 Å². The lowest BCUT2D eigenvalue weighted by Gasteiger charge is -2.30. The summed E-state index contributed by atoms with van der Waals surface area (Å²) in [6.07, 6.45) is 1.89. The number of pyridine rings is 1. The number of benzene rings is 7. The molecule has 4 heteroatoms. The van der Waals surface area contributed by atoms with Gasteiger partial charge < -0.3 is 0 Å². The molecular weight excluding hydrogens is 681 g/mol. The summed E-state index contributed by atoms with van der Waals surface area (Å²) < 4.78 is 0. The Bertz CT molecular complexity index is 2880. The van der Waals surface area contributed by atoms with E-state index in [2.05, 4.69) is 151 Å². The van der Waals surface area contributed by atoms with E-state index >= 15 is 0 Å². The van der Waals surface area contributed by atoms with Crippen LogP contribution in [0.4, 0.5) is 0 Å². The monoisotopic (exact) mass is 714 g/mol. The minimum Gasteiger partial charge on any atom is -0.262 e. The summed E-state index contributed by atoms with van der Waals surface area (Å²) in [5.74, 6) is 1.95. The van der Waals surface area contributed by atoms with Crippen molar-refractivity contribution in [2.24, 2.45) is 0 Å². The molecule has 2 heterocycles. The third-order valence-electron chi connectivity index (χ3n) is 11.5. The largest absolute Gasteiger partial charge is 0.262 e. The van der Waals surface area contributed by atoms with E-state index in [1.807, 2.05) is 49.5 Å². The number of aromatic nitrogens is 4. The zero-order valence-corrected chi connectivity index (χ0v) is 30.7. The molecule has 9 aromatic rings. The van der Waals surface area contributed by atoms with Gasteiger partial charge in [0.1, 0.15) is 0 Å². The molecule has 11 rings (SSSR count). The minimum absolute atomic E-state index is 0.540. The Morgan fingerprint density at radius 3 is 1.48 bits per heavy atom. The van der Waals surface area contributed by atoms with Crippen molar-refractivity contribution in [3.8, 4) is 78.7 Å². The van der Waals surface area contributed by atoms with Gasteiger partial charge in [-0.1, -0.05) is 158 Å². The molecule has 0 N–H and O–H groups in total. The molecule has 7 aromatic carbocycles. The molecule has 0 saturated carbocycles. The summed E-state index contributed by atoms with van der Waals surface area (Å²) in [4.78, 5) is 19.9. The van der Waals surface area contributed by atoms with Crippen LogP contribution in [0.5, 0.6) is 0 Å². The van der Waals surface area contributed by atoms with Crippen LogP contribution in [0, 0.1) is 6.92 Å². The quantitative estimate of drug-likeness (QED) is 0.178. The number of nitrogens with zero attached hydrogens (tertiary/aromatic N) is 4. The van der Waals surface area contributed by atoms with E-state index < -0.39 is 5.41 Å². The maximum atomic E-state index is 5.24. The highest BCUT2D eigenvalue weighted by atomic mass is 15.0. The van der Waals surface area contributed by atoms with Crippen LogP contribution in [0.1, 0.15) is 27.9 Å². The number of aryl methyl sites for hydroxylation is 1. The summed E-state index contributed by atoms with van der Waals surface area (Å²) in [5, 5.41) is 0. The molecule has 0 atom stereocenters. The number of hydrogen-bond donors (Lipinski definition) is 0. The molecule has 262 valence electrons. The zero-order valence-electron chi connectivity index (χ0n) is 30.7. The Morgan fingerprint density at radius 2 is 0.839 bits per heavy atom. The fourth-order valence-electron chi connectivity index (χ4n) is 9.09. The van der Waals surface area contributed by atoms with Gasteiger partial charge in [0.25, 0.3) is 0 Å². The highest BCUT2D eigenvalue weighted by molar-refractivity contribution is 6.00. The third kappa shape index (κ3) is 4.86. The highest BCUT2D eigenvalue weighted by Crippen LogP contribution is 2.64. The zero-order chi connectivity index (χ0) is 37.2. The van der Waals surface area contributed by atoms with E-state index in [0.717, 1.165) is 33.5 Å². The third-order valence-corrected chi connectivity index (χ3v) is 11.5. The van der Waals surface area contributed by atoms with Gasteiger partial charge in [0.05, 0.1) is 5.41 Å². The van der Waals surface area contributed by atoms with E-state index in [-0.39, 0.29) is 0 Å². The summed E-state index contributed by atoms with van der Waals surface area (Å²) >= 11 is 0. The maximum Gasteiger partial charge on any atom is 0.164 e. The van der Waals surface area contributed by atoms with Crippen LogP contribution in [-0.4, -0.2) is 19.9 Å². The molecule has 0 saturated heterocycles. The van der Waals surface area contributed by atoms with Crippen molar-refractivity contribution in [1.29, 1.82) is 0 Å². The number of rotatable bonds is 5. The van der Waals surface area contributed by atoms with E-state index in [9.17, 15) is 0 Å². The van der Waals surface area contributed by atoms with Crippen molar-refractivity contribution in [3.05, 3.63) is 216 Å². The van der Waals surface area contributed by atoms with Crippen molar-refractivity contribution in [2.45, 2.75) is 12.3 Å². The first-order valence-corrected chi connectivity index (χ1v) is 19.1. The molecule has 0 aliphatic heterocycles. The van der Waals surface area contributed by atoms with Gasteiger partial charge in [0.2, 0.25) is 0 Å². The van der Waals surface area contributed by atoms with E-state index in [0.29, 0.717) is 17.5 Å². The normalized spacial score (nSPS) is 12.9. The molecule has 0 amide bonds. The van der Waals surface area contributed by atoms with E-state index in [4.69, 9.17) is 15.0 Å². The fourth-order valence-corrected chi connectivity index (χ4v) is 9.09. The van der Waals surface area contributed by atoms with Gasteiger partial charge in [-0.3, -0.25) is 4.98 Å². The summed E-state index contributed by atoms with van der Waals surface area (Å²) in [5.41, 5.74) is 18.0. The average Bonchev–Trinajstić information content (AvgIpc) is 3.74. The predicted octanol–water partition coefficient (Wildman–Crippen LogP) is 12.3. The first-order valence-electron chi connectivity index (χ1n) is 19.1. The van der Waals surface area contributed by atoms with Crippen molar-refractivity contribution >= 4 is 0 Å². The van der Waals surface area contributed by atoms with Gasteiger partial charge >= 0.3 is 0 Å². The van der Waals surface area contributed by atoms with Crippen LogP contribution in [0.3, 0.4) is 0 Å². The smallest absolute Gasteiger partial charge is 0.164 e. The Labute approximate surface area is 325 Å². The van der Waals surface area contributed by atoms with E-state index in [1.165, 1.54) is 55.6 Å². The van der Waals surface area contributed by atoms with Gasteiger partial charge in [-0.2, -0.15) is 0 Å². The first kappa shape index (κ1) is 32.2. The van der Waals surface area contributed by atoms with Crippen molar-refractivity contribution in [3.63, 3.8) is 0 Å². The molecule has 1 spiro atoms. The first-order chi connectivity index (χ1) is 27.7. The topological polar surface area (TPSA) is 51.6 Å². The second-order valence-electron chi connectivity index (χ2n) is 14.6. The van der Waals surface area contributed by atoms with Crippen molar-refractivity contribution in [2.75, 3.05) is 0 Å². The van der Waals surface area contributed by atoms with Crippen LogP contribution >= 0.6 is 0 Å². The van der Waals surface area contributed by atoms with Crippen molar-refractivity contribution < 1.29 is 0 Å². The lowest BCUT2D eigenvalue weighted by Crippen LogP contribution is -2.25. The summed E-state index contributed by atoms with van der Waals surface area (Å²) in [6.45, 7) is 2.04. The maximum absolute atomic E-state index is 5.24. The Balaban J connectivity index is 1.19. The van der Waals surface area contributed by atoms with Gasteiger partial charge in [-0.15, -0.1) is 0 Å². The molecule has 0 unspecified atom stereocenters. The second-order valence-corrected chi connectivity index (χ2v) is 14.6. The molecular formula is C52H34N4. The van der Waals surface area contributed by atoms with Gasteiger partial charge in [-0.05, 0) is 98.0 Å². The molecule has 56 heavy (non-hydrogen) atoms. The van der Waals surface area contributed by atoms with Crippen LogP contribution in [0.2, 0.25) is 0 Å². The van der Waals surface area contributed by atoms with Crippen LogP contribution < -0.4 is 0 Å². The van der Waals surface area contributed by atoms with Crippen LogP contribution in [0.25, 0.3) is 78.7 Å². The molecule has 0 bridgehead atoms. The standard InChI is InChI=1S/C52H34N4/c1-33-30-39(28-29-53-33)37-19-12-18-36(31-37)38-26-27-42-47(32-38)52(44-23-10-8-20-40(44)41-21-9-11-24-45(41)52)46-25-13-22-43(48(42)46)51-55-49(34-14-4-2-5-15-34)54-50(56-51)35-16-6-3-7-17-35/h2-32H,1H3. The molecule has 0 radical (unpaired) electrons. The lowest BCUT2D eigenvalue weighted by molar-refractivity contribution is 0.794. The Hall–Kier alpha value is -7.30. The van der Waals surface area contributed by atoms with Gasteiger partial charge in [0, 0.05) is 28.6 Å². The average molecular weight is 715 g/mol. The van der Waals surface area contributed by atoms with Gasteiger partial charge in [0.15, 0.2) is 17.5 Å². The molecule has 4 nitrogen and oxygen atoms in total. The predicted molar refractivity (Wildman–Crippen MR) is 226 cm³/mol. The highest BCUT2D eigenvalue weighted by Gasteiger charge is 2.52. The molecule has 2 aliphatic rings. The van der Waals surface area contributed by atoms with Crippen LogP contribution in [-0.2, 0) is 5.41 Å². The summed E-state index contributed by atoms with van der Waals surface area (Å²) in [6, 6.07) is 65.1. The van der Waals surface area contributed by atoms with E-state index in [1.54, 1.807) is 0 Å². The number of fused-ring (bicyclic) bond motifs is 10. The molecule has 2 aliphatic carbocycles. The Morgan fingerprint density at radius 1 is 0.339 bits per heavy atom. The Kier molecular flexibility index (Phi) is 7.26. The number of hydrogen-bond acceptors (Lipinski definition) is 4.